The van der Waals surface area contributed by atoms with Crippen molar-refractivity contribution in [3.8, 4) is 0 Å². The molecule has 0 aliphatic rings. The van der Waals surface area contributed by atoms with E-state index in [9.17, 15) is 4.39 Å². The van der Waals surface area contributed by atoms with Crippen LogP contribution in [0.5, 0.6) is 0 Å². The minimum absolute atomic E-state index is 0.483. The first-order valence-corrected chi connectivity index (χ1v) is 4.94. The Balaban J connectivity index is 2.59. The lowest BCUT2D eigenvalue weighted by atomic mass is 10.2. The van der Waals surface area contributed by atoms with Crippen LogP contribution >= 0.6 is 11.6 Å². The van der Waals surface area contributed by atoms with Crippen LogP contribution in [0, 0.1) is 0 Å². The Morgan fingerprint density at radius 3 is 2.79 bits per heavy atom. The molecule has 0 aliphatic carbocycles. The van der Waals surface area contributed by atoms with E-state index in [0.29, 0.717) is 17.1 Å². The van der Waals surface area contributed by atoms with Gasteiger partial charge < -0.3 is 11.1 Å². The maximum atomic E-state index is 12.2. The molecule has 1 aromatic carbocycles. The normalized spacial score (nSPS) is 10.2. The Morgan fingerprint density at radius 2 is 2.21 bits per heavy atom. The number of hydrogen-bond acceptors (Lipinski definition) is 2. The summed E-state index contributed by atoms with van der Waals surface area (Å²) in [5.41, 5.74) is 6.78. The van der Waals surface area contributed by atoms with Crippen LogP contribution in [0.4, 0.5) is 10.1 Å². The fourth-order valence-electron chi connectivity index (χ4n) is 1.11. The topological polar surface area (TPSA) is 38.0 Å². The summed E-state index contributed by atoms with van der Waals surface area (Å²) in [5, 5.41) is 3.68. The summed E-state index contributed by atoms with van der Waals surface area (Å²) in [7, 11) is 0. The number of anilines is 1. The number of nitrogens with one attached hydrogen (secondary N) is 1. The number of hydrogen-bond donors (Lipinski definition) is 2. The summed E-state index contributed by atoms with van der Waals surface area (Å²) in [6, 6.07) is 5.14. The van der Waals surface area contributed by atoms with Gasteiger partial charge in [-0.25, -0.2) is 4.39 Å². The van der Waals surface area contributed by atoms with Gasteiger partial charge in [0.05, 0.1) is 10.7 Å². The van der Waals surface area contributed by atoms with Crippen molar-refractivity contribution in [3.05, 3.63) is 28.8 Å². The van der Waals surface area contributed by atoms with Gasteiger partial charge in [0.15, 0.2) is 0 Å². The van der Waals surface area contributed by atoms with Crippen molar-refractivity contribution in [2.75, 3.05) is 18.4 Å². The highest BCUT2D eigenvalue weighted by Crippen LogP contribution is 2.23. The largest absolute Gasteiger partial charge is 0.384 e. The van der Waals surface area contributed by atoms with Crippen molar-refractivity contribution in [2.45, 2.75) is 13.1 Å². The van der Waals surface area contributed by atoms with Crippen LogP contribution in [0.2, 0.25) is 5.02 Å². The van der Waals surface area contributed by atoms with Gasteiger partial charge in [0.1, 0.15) is 6.67 Å². The standard InChI is InChI=1S/C10H14ClFN2/c11-9-6-8(7-12)2-3-10(9)14-5-1-4-13/h2-3,6,14H,1,4-5,7,13H2. The van der Waals surface area contributed by atoms with Gasteiger partial charge in [-0.15, -0.1) is 0 Å². The predicted molar refractivity (Wildman–Crippen MR) is 58.4 cm³/mol. The summed E-state index contributed by atoms with van der Waals surface area (Å²) in [6.07, 6.45) is 0.890. The number of benzene rings is 1. The monoisotopic (exact) mass is 216 g/mol. The lowest BCUT2D eigenvalue weighted by molar-refractivity contribution is 0.485. The summed E-state index contributed by atoms with van der Waals surface area (Å²) in [5.74, 6) is 0. The molecule has 1 aromatic rings. The van der Waals surface area contributed by atoms with Crippen LogP contribution in [-0.2, 0) is 6.67 Å². The van der Waals surface area contributed by atoms with Gasteiger partial charge in [0.2, 0.25) is 0 Å². The molecule has 4 heteroatoms. The van der Waals surface area contributed by atoms with Crippen molar-refractivity contribution in [1.82, 2.24) is 0 Å². The number of rotatable bonds is 5. The van der Waals surface area contributed by atoms with Crippen molar-refractivity contribution in [1.29, 1.82) is 0 Å². The van der Waals surface area contributed by atoms with Crippen molar-refractivity contribution < 1.29 is 4.39 Å². The predicted octanol–water partition coefficient (Wildman–Crippen LogP) is 2.57. The third kappa shape index (κ3) is 3.16. The van der Waals surface area contributed by atoms with E-state index >= 15 is 0 Å². The molecule has 3 N–H and O–H groups in total. The Kier molecular flexibility index (Phi) is 4.70. The molecule has 0 unspecified atom stereocenters. The summed E-state index contributed by atoms with van der Waals surface area (Å²) in [4.78, 5) is 0. The summed E-state index contributed by atoms with van der Waals surface area (Å²) >= 11 is 5.93. The Labute approximate surface area is 88.2 Å². The zero-order chi connectivity index (χ0) is 10.4. The van der Waals surface area contributed by atoms with Gasteiger partial charge in [-0.3, -0.25) is 0 Å². The van der Waals surface area contributed by atoms with Crippen LogP contribution in [0.15, 0.2) is 18.2 Å². The van der Waals surface area contributed by atoms with Gasteiger partial charge >= 0.3 is 0 Å². The van der Waals surface area contributed by atoms with Crippen molar-refractivity contribution in [2.24, 2.45) is 5.73 Å². The van der Waals surface area contributed by atoms with Crippen LogP contribution in [0.25, 0.3) is 0 Å². The summed E-state index contributed by atoms with van der Waals surface area (Å²) < 4.78 is 12.2. The molecule has 0 aliphatic heterocycles. The molecule has 0 amide bonds. The molecule has 0 bridgehead atoms. The minimum Gasteiger partial charge on any atom is -0.384 e. The number of nitrogens with two attached hydrogens (primary N) is 1. The Morgan fingerprint density at radius 1 is 1.43 bits per heavy atom. The van der Waals surface area contributed by atoms with Gasteiger partial charge in [-0.2, -0.15) is 0 Å². The molecule has 1 rings (SSSR count). The third-order valence-electron chi connectivity index (χ3n) is 1.88. The van der Waals surface area contributed by atoms with Crippen LogP contribution in [0.1, 0.15) is 12.0 Å². The van der Waals surface area contributed by atoms with E-state index in [4.69, 9.17) is 17.3 Å². The molecule has 0 saturated carbocycles. The maximum absolute atomic E-state index is 12.2. The lowest BCUT2D eigenvalue weighted by Gasteiger charge is -2.08. The average Bonchev–Trinajstić information content (AvgIpc) is 2.20. The van der Waals surface area contributed by atoms with Crippen molar-refractivity contribution in [3.63, 3.8) is 0 Å². The lowest BCUT2D eigenvalue weighted by Crippen LogP contribution is -2.08. The molecule has 2 nitrogen and oxygen atoms in total. The Hall–Kier alpha value is -0.800. The molecule has 14 heavy (non-hydrogen) atoms. The quantitative estimate of drug-likeness (QED) is 0.743. The number of alkyl halides is 1. The van der Waals surface area contributed by atoms with Crippen LogP contribution in [0.3, 0.4) is 0 Å². The molecule has 78 valence electrons. The fourth-order valence-corrected chi connectivity index (χ4v) is 1.38. The molecule has 0 atom stereocenters. The van der Waals surface area contributed by atoms with Gasteiger partial charge in [-0.1, -0.05) is 17.7 Å². The Bertz CT molecular complexity index is 291. The second kappa shape index (κ2) is 5.83. The molecular formula is C10H14ClFN2. The zero-order valence-corrected chi connectivity index (χ0v) is 8.65. The van der Waals surface area contributed by atoms with E-state index in [1.807, 2.05) is 0 Å². The van der Waals surface area contributed by atoms with E-state index in [1.165, 1.54) is 0 Å². The third-order valence-corrected chi connectivity index (χ3v) is 2.20. The number of halogens is 2. The van der Waals surface area contributed by atoms with Crippen LogP contribution in [-0.4, -0.2) is 13.1 Å². The second-order valence-corrected chi connectivity index (χ2v) is 3.42. The first-order chi connectivity index (χ1) is 6.77. The van der Waals surface area contributed by atoms with Crippen LogP contribution < -0.4 is 11.1 Å². The highest BCUT2D eigenvalue weighted by Gasteiger charge is 2.00. The van der Waals surface area contributed by atoms with Gasteiger partial charge in [0.25, 0.3) is 0 Å². The molecule has 0 saturated heterocycles. The van der Waals surface area contributed by atoms with E-state index in [0.717, 1.165) is 18.7 Å². The highest BCUT2D eigenvalue weighted by molar-refractivity contribution is 6.33. The van der Waals surface area contributed by atoms with Gasteiger partial charge in [0, 0.05) is 6.54 Å². The zero-order valence-electron chi connectivity index (χ0n) is 7.89. The van der Waals surface area contributed by atoms with E-state index in [-0.39, 0.29) is 0 Å². The fraction of sp³-hybridized carbons (Fsp3) is 0.400. The molecular weight excluding hydrogens is 203 g/mol. The van der Waals surface area contributed by atoms with E-state index < -0.39 is 6.67 Å². The van der Waals surface area contributed by atoms with Crippen molar-refractivity contribution >= 4 is 17.3 Å². The molecule has 0 heterocycles. The maximum Gasteiger partial charge on any atom is 0.115 e. The average molecular weight is 217 g/mol. The van der Waals surface area contributed by atoms with E-state index in [2.05, 4.69) is 5.32 Å². The second-order valence-electron chi connectivity index (χ2n) is 3.02. The first kappa shape index (κ1) is 11.3. The SMILES string of the molecule is NCCCNc1ccc(CF)cc1Cl. The molecule has 0 fully saturated rings. The summed E-state index contributed by atoms with van der Waals surface area (Å²) in [6.45, 7) is 0.946. The molecule has 0 aromatic heterocycles. The molecule has 0 spiro atoms. The molecule has 0 radical (unpaired) electrons. The minimum atomic E-state index is -0.483. The smallest absolute Gasteiger partial charge is 0.115 e. The highest BCUT2D eigenvalue weighted by atomic mass is 35.5. The first-order valence-electron chi connectivity index (χ1n) is 4.56. The van der Waals surface area contributed by atoms with Gasteiger partial charge in [-0.05, 0) is 30.7 Å². The van der Waals surface area contributed by atoms with E-state index in [1.54, 1.807) is 18.2 Å².